The lowest BCUT2D eigenvalue weighted by Crippen LogP contribution is -2.30. The van der Waals surface area contributed by atoms with Crippen LogP contribution in [0.2, 0.25) is 0 Å². The highest BCUT2D eigenvalue weighted by atomic mass is 32.1. The predicted molar refractivity (Wildman–Crippen MR) is 87.6 cm³/mol. The highest BCUT2D eigenvalue weighted by molar-refractivity contribution is 7.16. The molecule has 1 aromatic carbocycles. The zero-order valence-electron chi connectivity index (χ0n) is 12.7. The molecule has 5 nitrogen and oxygen atoms in total. The molecule has 0 spiro atoms. The van der Waals surface area contributed by atoms with Gasteiger partial charge in [0, 0.05) is 16.5 Å². The first-order valence-electron chi connectivity index (χ1n) is 7.07. The molecule has 116 valence electrons. The van der Waals surface area contributed by atoms with Gasteiger partial charge in [0.25, 0.3) is 5.91 Å². The van der Waals surface area contributed by atoms with Gasteiger partial charge in [-0.3, -0.25) is 4.79 Å². The Morgan fingerprint density at radius 3 is 2.77 bits per heavy atom. The Balaban J connectivity index is 2.09. The van der Waals surface area contributed by atoms with E-state index in [9.17, 15) is 4.79 Å². The molecule has 0 atom stereocenters. The van der Waals surface area contributed by atoms with E-state index >= 15 is 0 Å². The van der Waals surface area contributed by atoms with Gasteiger partial charge in [0.05, 0.1) is 10.6 Å². The molecule has 0 saturated carbocycles. The van der Waals surface area contributed by atoms with Gasteiger partial charge >= 0.3 is 0 Å². The number of carbonyl (C=O) groups excluding carboxylic acids is 1. The molecule has 1 aliphatic rings. The van der Waals surface area contributed by atoms with Crippen molar-refractivity contribution in [3.05, 3.63) is 28.6 Å². The van der Waals surface area contributed by atoms with Crippen LogP contribution in [0.3, 0.4) is 0 Å². The van der Waals surface area contributed by atoms with Gasteiger partial charge in [-0.2, -0.15) is 0 Å². The highest BCUT2D eigenvalue weighted by Gasteiger charge is 2.24. The third-order valence-corrected chi connectivity index (χ3v) is 4.35. The lowest BCUT2D eigenvalue weighted by Gasteiger charge is -2.11. The Labute approximate surface area is 133 Å². The number of fused-ring (bicyclic) bond motifs is 1. The van der Waals surface area contributed by atoms with Crippen molar-refractivity contribution in [3.63, 3.8) is 0 Å². The van der Waals surface area contributed by atoms with Gasteiger partial charge in [-0.05, 0) is 38.5 Å². The number of hydrogen-bond donors (Lipinski definition) is 2. The standard InChI is InChI=1S/C16H18N2O3S/c1-8(2)18-16(19)14-13(9(3)22-15(14)17)10-4-5-11-12(6-10)21-7-20-11/h4-6,8H,7,17H2,1-3H3,(H,18,19). The zero-order chi connectivity index (χ0) is 15.9. The summed E-state index contributed by atoms with van der Waals surface area (Å²) in [6.07, 6.45) is 0. The van der Waals surface area contributed by atoms with Gasteiger partial charge in [-0.15, -0.1) is 11.3 Å². The van der Waals surface area contributed by atoms with Crippen molar-refractivity contribution in [1.29, 1.82) is 0 Å². The van der Waals surface area contributed by atoms with Crippen LogP contribution in [0.5, 0.6) is 11.5 Å². The SMILES string of the molecule is Cc1sc(N)c(C(=O)NC(C)C)c1-c1ccc2c(c1)OCO2. The summed E-state index contributed by atoms with van der Waals surface area (Å²) in [6, 6.07) is 5.73. The second-order valence-electron chi connectivity index (χ2n) is 5.47. The third kappa shape index (κ3) is 2.50. The maximum Gasteiger partial charge on any atom is 0.255 e. The number of nitrogens with two attached hydrogens (primary N) is 1. The van der Waals surface area contributed by atoms with E-state index in [1.54, 1.807) is 0 Å². The molecular formula is C16H18N2O3S. The van der Waals surface area contributed by atoms with E-state index < -0.39 is 0 Å². The van der Waals surface area contributed by atoms with Gasteiger partial charge in [-0.25, -0.2) is 0 Å². The van der Waals surface area contributed by atoms with Crippen LogP contribution in [-0.4, -0.2) is 18.7 Å². The molecule has 0 radical (unpaired) electrons. The Morgan fingerprint density at radius 2 is 2.05 bits per heavy atom. The van der Waals surface area contributed by atoms with E-state index in [0.29, 0.717) is 16.3 Å². The maximum absolute atomic E-state index is 12.5. The van der Waals surface area contributed by atoms with Crippen LogP contribution >= 0.6 is 11.3 Å². The van der Waals surface area contributed by atoms with Crippen LogP contribution in [0, 0.1) is 6.92 Å². The number of ether oxygens (including phenoxy) is 2. The van der Waals surface area contributed by atoms with Crippen LogP contribution in [0.25, 0.3) is 11.1 Å². The summed E-state index contributed by atoms with van der Waals surface area (Å²) in [7, 11) is 0. The normalized spacial score (nSPS) is 12.7. The number of rotatable bonds is 3. The van der Waals surface area contributed by atoms with Crippen molar-refractivity contribution in [1.82, 2.24) is 5.32 Å². The molecule has 0 saturated heterocycles. The smallest absolute Gasteiger partial charge is 0.255 e. The number of nitrogens with one attached hydrogen (secondary N) is 1. The molecule has 2 heterocycles. The van der Waals surface area contributed by atoms with Gasteiger partial charge in [0.15, 0.2) is 11.5 Å². The minimum absolute atomic E-state index is 0.0525. The quantitative estimate of drug-likeness (QED) is 0.911. The molecule has 1 aromatic heterocycles. The van der Waals surface area contributed by atoms with E-state index in [4.69, 9.17) is 15.2 Å². The van der Waals surface area contributed by atoms with Crippen molar-refractivity contribution in [3.8, 4) is 22.6 Å². The summed E-state index contributed by atoms with van der Waals surface area (Å²) >= 11 is 1.42. The molecule has 0 bridgehead atoms. The zero-order valence-corrected chi connectivity index (χ0v) is 13.5. The van der Waals surface area contributed by atoms with Crippen LogP contribution in [-0.2, 0) is 0 Å². The lowest BCUT2D eigenvalue weighted by molar-refractivity contribution is 0.0945. The largest absolute Gasteiger partial charge is 0.454 e. The summed E-state index contributed by atoms with van der Waals surface area (Å²) in [5.74, 6) is 1.26. The fourth-order valence-corrected chi connectivity index (χ4v) is 3.47. The Hall–Kier alpha value is -2.21. The van der Waals surface area contributed by atoms with E-state index in [2.05, 4.69) is 5.32 Å². The second kappa shape index (κ2) is 5.53. The van der Waals surface area contributed by atoms with Crippen LogP contribution in [0.1, 0.15) is 29.1 Å². The average molecular weight is 318 g/mol. The molecule has 0 fully saturated rings. The monoisotopic (exact) mass is 318 g/mol. The fraction of sp³-hybridized carbons (Fsp3) is 0.312. The molecule has 3 N–H and O–H groups in total. The number of carbonyl (C=O) groups is 1. The first kappa shape index (κ1) is 14.7. The number of thiophene rings is 1. The topological polar surface area (TPSA) is 73.6 Å². The average Bonchev–Trinajstić information content (AvgIpc) is 3.00. The van der Waals surface area contributed by atoms with E-state index in [1.807, 2.05) is 39.0 Å². The van der Waals surface area contributed by atoms with Gasteiger partial charge in [0.2, 0.25) is 6.79 Å². The number of aryl methyl sites for hydroxylation is 1. The minimum atomic E-state index is -0.149. The highest BCUT2D eigenvalue weighted by Crippen LogP contribution is 2.42. The Kier molecular flexibility index (Phi) is 3.70. The van der Waals surface area contributed by atoms with Crippen molar-refractivity contribution in [2.45, 2.75) is 26.8 Å². The first-order valence-corrected chi connectivity index (χ1v) is 7.88. The molecule has 1 aliphatic heterocycles. The lowest BCUT2D eigenvalue weighted by atomic mass is 10.00. The number of hydrogen-bond acceptors (Lipinski definition) is 5. The van der Waals surface area contributed by atoms with Crippen LogP contribution in [0.4, 0.5) is 5.00 Å². The van der Waals surface area contributed by atoms with Gasteiger partial charge in [-0.1, -0.05) is 6.07 Å². The van der Waals surface area contributed by atoms with Gasteiger partial charge < -0.3 is 20.5 Å². The first-order chi connectivity index (χ1) is 10.5. The van der Waals surface area contributed by atoms with Crippen molar-refractivity contribution >= 4 is 22.2 Å². The molecule has 0 aliphatic carbocycles. The fourth-order valence-electron chi connectivity index (χ4n) is 2.53. The Morgan fingerprint density at radius 1 is 1.32 bits per heavy atom. The van der Waals surface area contributed by atoms with E-state index in [0.717, 1.165) is 21.8 Å². The second-order valence-corrected chi connectivity index (χ2v) is 6.73. The predicted octanol–water partition coefficient (Wildman–Crippen LogP) is 3.17. The Bertz CT molecular complexity index is 737. The summed E-state index contributed by atoms with van der Waals surface area (Å²) in [4.78, 5) is 13.5. The summed E-state index contributed by atoms with van der Waals surface area (Å²) in [5.41, 5.74) is 8.37. The molecule has 22 heavy (non-hydrogen) atoms. The molecular weight excluding hydrogens is 300 g/mol. The van der Waals surface area contributed by atoms with E-state index in [-0.39, 0.29) is 18.7 Å². The third-order valence-electron chi connectivity index (χ3n) is 3.42. The minimum Gasteiger partial charge on any atom is -0.454 e. The molecule has 1 amide bonds. The van der Waals surface area contributed by atoms with Gasteiger partial charge in [0.1, 0.15) is 0 Å². The van der Waals surface area contributed by atoms with E-state index in [1.165, 1.54) is 11.3 Å². The number of benzene rings is 1. The van der Waals surface area contributed by atoms with Crippen molar-refractivity contribution in [2.24, 2.45) is 0 Å². The van der Waals surface area contributed by atoms with Crippen LogP contribution in [0.15, 0.2) is 18.2 Å². The van der Waals surface area contributed by atoms with Crippen molar-refractivity contribution < 1.29 is 14.3 Å². The molecule has 3 rings (SSSR count). The summed E-state index contributed by atoms with van der Waals surface area (Å²) in [6.45, 7) is 6.04. The molecule has 0 unspecified atom stereocenters. The maximum atomic E-state index is 12.5. The summed E-state index contributed by atoms with van der Waals surface area (Å²) in [5, 5.41) is 3.44. The summed E-state index contributed by atoms with van der Waals surface area (Å²) < 4.78 is 10.8. The number of anilines is 1. The van der Waals surface area contributed by atoms with Crippen LogP contribution < -0.4 is 20.5 Å². The molecule has 2 aromatic rings. The van der Waals surface area contributed by atoms with Crippen molar-refractivity contribution in [2.75, 3.05) is 12.5 Å². The molecule has 6 heteroatoms. The number of amides is 1. The number of nitrogen functional groups attached to an aromatic ring is 1.